The van der Waals surface area contributed by atoms with Crippen molar-refractivity contribution in [3.05, 3.63) is 84.2 Å². The number of alkyl halides is 2. The fraction of sp³-hybridized carbons (Fsp3) is 0.240. The number of benzene rings is 1. The second kappa shape index (κ2) is 9.86. The second-order valence-electron chi connectivity index (χ2n) is 8.02. The van der Waals surface area contributed by atoms with Crippen molar-refractivity contribution < 1.29 is 13.6 Å². The molecule has 0 bridgehead atoms. The molecular weight excluding hydrogens is 438 g/mol. The summed E-state index contributed by atoms with van der Waals surface area (Å²) in [6.45, 7) is 3.62. The van der Waals surface area contributed by atoms with Gasteiger partial charge < -0.3 is 5.32 Å². The highest BCUT2D eigenvalue weighted by molar-refractivity contribution is 5.83. The summed E-state index contributed by atoms with van der Waals surface area (Å²) in [5, 5.41) is 7.31. The van der Waals surface area contributed by atoms with Crippen molar-refractivity contribution in [2.75, 3.05) is 5.32 Å². The van der Waals surface area contributed by atoms with Crippen LogP contribution in [0.25, 0.3) is 11.1 Å². The summed E-state index contributed by atoms with van der Waals surface area (Å²) < 4.78 is 28.8. The van der Waals surface area contributed by atoms with E-state index < -0.39 is 5.92 Å². The molecule has 0 aliphatic heterocycles. The van der Waals surface area contributed by atoms with Crippen LogP contribution in [0.3, 0.4) is 0 Å². The number of carbonyl (C=O) groups excluding carboxylic acids is 1. The number of hydrogen-bond acceptors (Lipinski definition) is 6. The molecule has 0 unspecified atom stereocenters. The van der Waals surface area contributed by atoms with Gasteiger partial charge in [0.1, 0.15) is 5.78 Å². The Morgan fingerprint density at radius 2 is 1.74 bits per heavy atom. The topological polar surface area (TPSA) is 85.6 Å². The van der Waals surface area contributed by atoms with Crippen molar-refractivity contribution in [1.29, 1.82) is 0 Å². The Balaban J connectivity index is 1.36. The van der Waals surface area contributed by atoms with E-state index in [0.29, 0.717) is 11.6 Å². The number of anilines is 2. The van der Waals surface area contributed by atoms with Gasteiger partial charge in [-0.05, 0) is 30.2 Å². The van der Waals surface area contributed by atoms with Gasteiger partial charge in [0, 0.05) is 67.9 Å². The van der Waals surface area contributed by atoms with Gasteiger partial charge in [0.05, 0.1) is 11.9 Å². The van der Waals surface area contributed by atoms with Gasteiger partial charge in [-0.15, -0.1) is 0 Å². The minimum Gasteiger partial charge on any atom is -0.321 e. The Morgan fingerprint density at radius 1 is 1.00 bits per heavy atom. The molecule has 3 aromatic heterocycles. The highest BCUT2D eigenvalue weighted by Gasteiger charge is 2.24. The van der Waals surface area contributed by atoms with Crippen molar-refractivity contribution in [2.24, 2.45) is 0 Å². The Kier molecular flexibility index (Phi) is 6.72. The van der Waals surface area contributed by atoms with E-state index in [1.807, 2.05) is 37.4 Å². The Bertz CT molecular complexity index is 1260. The number of nitrogens with one attached hydrogen (secondary N) is 1. The molecule has 0 saturated carbocycles. The lowest BCUT2D eigenvalue weighted by Gasteiger charge is -2.11. The van der Waals surface area contributed by atoms with Crippen LogP contribution in [0.2, 0.25) is 0 Å². The maximum Gasteiger partial charge on any atom is 0.270 e. The van der Waals surface area contributed by atoms with Crippen LogP contribution in [0.15, 0.2) is 67.4 Å². The van der Waals surface area contributed by atoms with Crippen LogP contribution >= 0.6 is 0 Å². The molecule has 0 saturated heterocycles. The molecule has 1 aromatic carbocycles. The molecule has 4 rings (SSSR count). The van der Waals surface area contributed by atoms with Crippen LogP contribution in [-0.4, -0.2) is 30.5 Å². The third-order valence-corrected chi connectivity index (χ3v) is 5.26. The smallest absolute Gasteiger partial charge is 0.270 e. The molecule has 4 aromatic rings. The van der Waals surface area contributed by atoms with Gasteiger partial charge in [-0.1, -0.05) is 24.3 Å². The number of pyridine rings is 1. The highest BCUT2D eigenvalue weighted by atomic mass is 19.3. The van der Waals surface area contributed by atoms with E-state index in [1.54, 1.807) is 23.3 Å². The molecule has 34 heavy (non-hydrogen) atoms. The number of halogens is 2. The Hall–Kier alpha value is -4.01. The van der Waals surface area contributed by atoms with Crippen molar-refractivity contribution in [3.8, 4) is 11.1 Å². The van der Waals surface area contributed by atoms with Gasteiger partial charge in [-0.2, -0.15) is 5.10 Å². The van der Waals surface area contributed by atoms with E-state index in [2.05, 4.69) is 25.4 Å². The molecule has 0 fully saturated rings. The number of nitrogens with zero attached hydrogens (tertiary/aromatic N) is 5. The first kappa shape index (κ1) is 23.2. The monoisotopic (exact) mass is 462 g/mol. The first-order valence-electron chi connectivity index (χ1n) is 10.9. The van der Waals surface area contributed by atoms with Gasteiger partial charge in [0.25, 0.3) is 5.92 Å². The number of carbonyl (C=O) groups is 1. The molecule has 0 spiro atoms. The van der Waals surface area contributed by atoms with E-state index >= 15 is 0 Å². The quantitative estimate of drug-likeness (QED) is 0.378. The molecule has 7 nitrogen and oxygen atoms in total. The van der Waals surface area contributed by atoms with Crippen molar-refractivity contribution in [1.82, 2.24) is 24.7 Å². The maximum atomic E-state index is 13.5. The van der Waals surface area contributed by atoms with Gasteiger partial charge in [-0.25, -0.2) is 18.7 Å². The molecule has 174 valence electrons. The summed E-state index contributed by atoms with van der Waals surface area (Å²) in [4.78, 5) is 25.2. The Labute approximate surface area is 195 Å². The number of aromatic nitrogens is 5. The zero-order valence-electron chi connectivity index (χ0n) is 18.9. The van der Waals surface area contributed by atoms with E-state index in [1.165, 1.54) is 18.3 Å². The van der Waals surface area contributed by atoms with Crippen LogP contribution in [0.4, 0.5) is 20.4 Å². The zero-order chi connectivity index (χ0) is 24.1. The van der Waals surface area contributed by atoms with Crippen LogP contribution in [0, 0.1) is 0 Å². The first-order chi connectivity index (χ1) is 16.3. The second-order valence-corrected chi connectivity index (χ2v) is 8.02. The van der Waals surface area contributed by atoms with Gasteiger partial charge in [0.2, 0.25) is 5.95 Å². The summed E-state index contributed by atoms with van der Waals surface area (Å²) in [6.07, 6.45) is 8.55. The number of hydrogen-bond donors (Lipinski definition) is 1. The Morgan fingerprint density at radius 3 is 2.38 bits per heavy atom. The summed E-state index contributed by atoms with van der Waals surface area (Å²) in [6, 6.07) is 10.1. The van der Waals surface area contributed by atoms with Gasteiger partial charge in [-0.3, -0.25) is 14.5 Å². The summed E-state index contributed by atoms with van der Waals surface area (Å²) >= 11 is 0. The van der Waals surface area contributed by atoms with Crippen molar-refractivity contribution in [2.45, 2.75) is 39.2 Å². The minimum absolute atomic E-state index is 0.00509. The molecule has 0 radical (unpaired) electrons. The van der Waals surface area contributed by atoms with Crippen LogP contribution in [0.1, 0.15) is 30.7 Å². The SMILES string of the molecule is CCn1cc(Nc2ncc(-c3ccc(CC(=O)Cc4cc(C(C)(F)F)ccn4)cc3)cn2)cn1. The van der Waals surface area contributed by atoms with E-state index in [9.17, 15) is 13.6 Å². The predicted molar refractivity (Wildman–Crippen MR) is 125 cm³/mol. The van der Waals surface area contributed by atoms with Crippen LogP contribution in [0.5, 0.6) is 0 Å². The number of ketones is 1. The molecule has 1 N–H and O–H groups in total. The maximum absolute atomic E-state index is 13.5. The van der Waals surface area contributed by atoms with Gasteiger partial charge in [0.15, 0.2) is 0 Å². The average molecular weight is 463 g/mol. The number of rotatable bonds is 9. The lowest BCUT2D eigenvalue weighted by molar-refractivity contribution is -0.117. The molecular formula is C25H24F2N6O. The molecule has 0 amide bonds. The fourth-order valence-electron chi connectivity index (χ4n) is 3.43. The van der Waals surface area contributed by atoms with E-state index in [0.717, 1.165) is 35.8 Å². The third-order valence-electron chi connectivity index (χ3n) is 5.26. The molecule has 9 heteroatoms. The summed E-state index contributed by atoms with van der Waals surface area (Å²) in [5.41, 5.74) is 3.60. The molecule has 3 heterocycles. The minimum atomic E-state index is -2.97. The number of aryl methyl sites for hydroxylation is 1. The lowest BCUT2D eigenvalue weighted by atomic mass is 10.0. The van der Waals surface area contributed by atoms with Gasteiger partial charge >= 0.3 is 0 Å². The highest BCUT2D eigenvalue weighted by Crippen LogP contribution is 2.27. The lowest BCUT2D eigenvalue weighted by Crippen LogP contribution is -2.11. The zero-order valence-corrected chi connectivity index (χ0v) is 18.9. The summed E-state index contributed by atoms with van der Waals surface area (Å²) in [7, 11) is 0. The standard InChI is InChI=1S/C25H24F2N6O/c1-3-33-16-22(15-31-33)32-24-29-13-19(14-30-24)18-6-4-17(5-7-18)10-23(34)12-21-11-20(8-9-28-21)25(2,26)27/h4-9,11,13-16H,3,10,12H2,1-2H3,(H,29,30,32). The molecule has 0 aliphatic rings. The summed E-state index contributed by atoms with van der Waals surface area (Å²) in [5.74, 6) is -2.59. The fourth-order valence-corrected chi connectivity index (χ4v) is 3.43. The average Bonchev–Trinajstić information content (AvgIpc) is 3.27. The van der Waals surface area contributed by atoms with Crippen LogP contribution < -0.4 is 5.32 Å². The number of Topliss-reactive ketones (excluding diaryl/α,β-unsaturated/α-hetero) is 1. The van der Waals surface area contributed by atoms with E-state index in [-0.39, 0.29) is 24.2 Å². The van der Waals surface area contributed by atoms with Crippen molar-refractivity contribution in [3.63, 3.8) is 0 Å². The molecule has 0 atom stereocenters. The normalized spacial score (nSPS) is 11.4. The first-order valence-corrected chi connectivity index (χ1v) is 10.9. The predicted octanol–water partition coefficient (Wildman–Crippen LogP) is 4.96. The van der Waals surface area contributed by atoms with E-state index in [4.69, 9.17) is 0 Å². The largest absolute Gasteiger partial charge is 0.321 e. The van der Waals surface area contributed by atoms with Crippen molar-refractivity contribution >= 4 is 17.4 Å². The third kappa shape index (κ3) is 5.86. The van der Waals surface area contributed by atoms with Crippen LogP contribution in [-0.2, 0) is 30.1 Å². The molecule has 0 aliphatic carbocycles.